The largest absolute Gasteiger partial charge is 0.494 e. The predicted octanol–water partition coefficient (Wildman–Crippen LogP) is 3.38. The van der Waals surface area contributed by atoms with Gasteiger partial charge in [-0.05, 0) is 68.1 Å². The minimum atomic E-state index is -3.88. The molecule has 8 heteroatoms. The van der Waals surface area contributed by atoms with Crippen molar-refractivity contribution < 1.29 is 22.7 Å². The summed E-state index contributed by atoms with van der Waals surface area (Å²) in [5.74, 6) is 0.905. The van der Waals surface area contributed by atoms with E-state index >= 15 is 0 Å². The highest BCUT2D eigenvalue weighted by molar-refractivity contribution is 7.89. The molecule has 2 aromatic rings. The van der Waals surface area contributed by atoms with Crippen LogP contribution in [0.4, 0.5) is 0 Å². The molecule has 2 atom stereocenters. The first-order valence-electron chi connectivity index (χ1n) is 9.58. The van der Waals surface area contributed by atoms with Crippen LogP contribution in [0.5, 0.6) is 11.5 Å². The molecule has 29 heavy (non-hydrogen) atoms. The fourth-order valence-electron chi connectivity index (χ4n) is 2.53. The van der Waals surface area contributed by atoms with Crippen LogP contribution in [-0.2, 0) is 14.8 Å². The van der Waals surface area contributed by atoms with Crippen molar-refractivity contribution in [3.05, 3.63) is 54.1 Å². The molecule has 0 fully saturated rings. The van der Waals surface area contributed by atoms with Gasteiger partial charge in [-0.3, -0.25) is 10.2 Å². The van der Waals surface area contributed by atoms with Crippen molar-refractivity contribution in [2.45, 2.75) is 51.0 Å². The van der Waals surface area contributed by atoms with E-state index in [4.69, 9.17) is 9.47 Å². The lowest BCUT2D eigenvalue weighted by molar-refractivity contribution is -0.127. The number of amides is 1. The highest BCUT2D eigenvalue weighted by Crippen LogP contribution is 2.20. The van der Waals surface area contributed by atoms with Gasteiger partial charge in [0.05, 0.1) is 11.5 Å². The third-order valence-corrected chi connectivity index (χ3v) is 5.76. The van der Waals surface area contributed by atoms with E-state index in [1.165, 1.54) is 19.1 Å². The Balaban J connectivity index is 1.92. The zero-order chi connectivity index (χ0) is 21.4. The SMILES string of the molecule is CCOc1ccc(O[C@H](C)C(=O)NNS(=O)(=O)c2ccc([C@H](C)CC)cc2)cc1. The van der Waals surface area contributed by atoms with Crippen LogP contribution in [0.15, 0.2) is 53.4 Å². The number of carbonyl (C=O) groups is 1. The molecule has 2 rings (SSSR count). The van der Waals surface area contributed by atoms with Crippen molar-refractivity contribution in [1.82, 2.24) is 10.3 Å². The van der Waals surface area contributed by atoms with Gasteiger partial charge in [0.1, 0.15) is 11.5 Å². The Morgan fingerprint density at radius 3 is 2.10 bits per heavy atom. The Morgan fingerprint density at radius 2 is 1.55 bits per heavy atom. The Bertz CT molecular complexity index is 896. The summed E-state index contributed by atoms with van der Waals surface area (Å²) < 4.78 is 35.7. The molecule has 158 valence electrons. The molecule has 0 aliphatic carbocycles. The lowest BCUT2D eigenvalue weighted by Crippen LogP contribution is -2.47. The third-order valence-electron chi connectivity index (χ3n) is 4.50. The summed E-state index contributed by atoms with van der Waals surface area (Å²) >= 11 is 0. The summed E-state index contributed by atoms with van der Waals surface area (Å²) in [6.45, 7) is 8.12. The first kappa shape index (κ1) is 22.7. The fourth-order valence-corrected chi connectivity index (χ4v) is 3.38. The quantitative estimate of drug-likeness (QED) is 0.575. The van der Waals surface area contributed by atoms with Crippen LogP contribution in [-0.4, -0.2) is 27.0 Å². The summed E-state index contributed by atoms with van der Waals surface area (Å²) in [4.78, 5) is 14.4. The van der Waals surface area contributed by atoms with Gasteiger partial charge in [0.2, 0.25) is 0 Å². The summed E-state index contributed by atoms with van der Waals surface area (Å²) in [6.07, 6.45) is 0.0653. The molecule has 0 spiro atoms. The molecule has 0 saturated carbocycles. The van der Waals surface area contributed by atoms with E-state index < -0.39 is 22.0 Å². The van der Waals surface area contributed by atoms with E-state index in [0.717, 1.165) is 12.0 Å². The molecule has 2 N–H and O–H groups in total. The normalized spacial score (nSPS) is 13.4. The predicted molar refractivity (Wildman–Crippen MR) is 111 cm³/mol. The number of ether oxygens (including phenoxy) is 2. The third kappa shape index (κ3) is 6.47. The standard InChI is InChI=1S/C21H28N2O5S/c1-5-15(3)17-7-13-20(14-8-17)29(25,26)23-22-21(24)16(4)28-19-11-9-18(10-12-19)27-6-2/h7-16,23H,5-6H2,1-4H3,(H,22,24)/t15-,16-/m1/s1. The van der Waals surface area contributed by atoms with E-state index in [1.54, 1.807) is 36.4 Å². The van der Waals surface area contributed by atoms with Gasteiger partial charge in [0, 0.05) is 0 Å². The molecule has 0 saturated heterocycles. The Kier molecular flexibility index (Phi) is 8.04. The molecular formula is C21H28N2O5S. The number of carbonyl (C=O) groups excluding carboxylic acids is 1. The fraction of sp³-hybridized carbons (Fsp3) is 0.381. The molecule has 7 nitrogen and oxygen atoms in total. The number of sulfonamides is 1. The highest BCUT2D eigenvalue weighted by Gasteiger charge is 2.19. The van der Waals surface area contributed by atoms with Gasteiger partial charge >= 0.3 is 0 Å². The van der Waals surface area contributed by atoms with Crippen LogP contribution in [0.1, 0.15) is 45.6 Å². The van der Waals surface area contributed by atoms with Crippen molar-refractivity contribution in [3.63, 3.8) is 0 Å². The lowest BCUT2D eigenvalue weighted by atomic mass is 9.99. The van der Waals surface area contributed by atoms with Crippen LogP contribution in [0.25, 0.3) is 0 Å². The maximum Gasteiger partial charge on any atom is 0.275 e. The van der Waals surface area contributed by atoms with Gasteiger partial charge in [-0.2, -0.15) is 0 Å². The van der Waals surface area contributed by atoms with Crippen LogP contribution in [0.3, 0.4) is 0 Å². The molecule has 0 heterocycles. The minimum absolute atomic E-state index is 0.0740. The average molecular weight is 421 g/mol. The lowest BCUT2D eigenvalue weighted by Gasteiger charge is -2.16. The highest BCUT2D eigenvalue weighted by atomic mass is 32.2. The molecule has 0 aliphatic heterocycles. The van der Waals surface area contributed by atoms with Crippen molar-refractivity contribution in [1.29, 1.82) is 0 Å². The summed E-state index contributed by atoms with van der Waals surface area (Å²) in [5.41, 5.74) is 3.26. The van der Waals surface area contributed by atoms with Gasteiger partial charge in [-0.25, -0.2) is 8.42 Å². The molecule has 0 radical (unpaired) electrons. The zero-order valence-electron chi connectivity index (χ0n) is 17.1. The zero-order valence-corrected chi connectivity index (χ0v) is 18.0. The number of benzene rings is 2. The molecule has 0 unspecified atom stereocenters. The molecule has 2 aromatic carbocycles. The smallest absolute Gasteiger partial charge is 0.275 e. The number of hydrogen-bond donors (Lipinski definition) is 2. The van der Waals surface area contributed by atoms with Gasteiger partial charge in [-0.15, -0.1) is 4.83 Å². The first-order chi connectivity index (χ1) is 13.8. The van der Waals surface area contributed by atoms with E-state index in [0.29, 0.717) is 24.0 Å². The number of hydrogen-bond acceptors (Lipinski definition) is 5. The van der Waals surface area contributed by atoms with Gasteiger partial charge in [0.25, 0.3) is 15.9 Å². The van der Waals surface area contributed by atoms with Gasteiger partial charge in [-0.1, -0.05) is 26.0 Å². The first-order valence-corrected chi connectivity index (χ1v) is 11.1. The summed E-state index contributed by atoms with van der Waals surface area (Å²) in [6, 6.07) is 13.4. The Hall–Kier alpha value is -2.58. The minimum Gasteiger partial charge on any atom is -0.494 e. The van der Waals surface area contributed by atoms with Crippen LogP contribution in [0.2, 0.25) is 0 Å². The van der Waals surface area contributed by atoms with Crippen molar-refractivity contribution in [2.75, 3.05) is 6.61 Å². The molecule has 1 amide bonds. The number of rotatable bonds is 10. The second-order valence-electron chi connectivity index (χ2n) is 6.64. The second kappa shape index (κ2) is 10.3. The molecular weight excluding hydrogens is 392 g/mol. The maximum absolute atomic E-state index is 12.4. The van der Waals surface area contributed by atoms with Crippen LogP contribution >= 0.6 is 0 Å². The van der Waals surface area contributed by atoms with E-state index in [1.807, 2.05) is 6.92 Å². The monoisotopic (exact) mass is 420 g/mol. The van der Waals surface area contributed by atoms with Gasteiger partial charge < -0.3 is 9.47 Å². The number of hydrazine groups is 1. The Morgan fingerprint density at radius 1 is 0.966 bits per heavy atom. The van der Waals surface area contributed by atoms with E-state index in [9.17, 15) is 13.2 Å². The average Bonchev–Trinajstić information content (AvgIpc) is 2.73. The number of nitrogens with one attached hydrogen (secondary N) is 2. The summed E-state index contributed by atoms with van der Waals surface area (Å²) in [7, 11) is -3.88. The Labute approximate surface area is 172 Å². The van der Waals surface area contributed by atoms with Crippen molar-refractivity contribution in [3.8, 4) is 11.5 Å². The van der Waals surface area contributed by atoms with Crippen LogP contribution < -0.4 is 19.7 Å². The molecule has 0 aromatic heterocycles. The molecule has 0 bridgehead atoms. The van der Waals surface area contributed by atoms with Crippen molar-refractivity contribution in [2.24, 2.45) is 0 Å². The maximum atomic E-state index is 12.4. The summed E-state index contributed by atoms with van der Waals surface area (Å²) in [5, 5.41) is 0. The van der Waals surface area contributed by atoms with Gasteiger partial charge in [0.15, 0.2) is 6.10 Å². The molecule has 0 aliphatic rings. The second-order valence-corrected chi connectivity index (χ2v) is 8.32. The van der Waals surface area contributed by atoms with E-state index in [2.05, 4.69) is 24.1 Å². The van der Waals surface area contributed by atoms with Crippen LogP contribution in [0, 0.1) is 0 Å². The van der Waals surface area contributed by atoms with Crippen molar-refractivity contribution >= 4 is 15.9 Å². The van der Waals surface area contributed by atoms with E-state index in [-0.39, 0.29) is 4.90 Å². The topological polar surface area (TPSA) is 93.7 Å².